The van der Waals surface area contributed by atoms with Crippen molar-refractivity contribution in [1.82, 2.24) is 20.0 Å². The fraction of sp³-hybridized carbons (Fsp3) is 0.654. The van der Waals surface area contributed by atoms with Gasteiger partial charge in [-0.25, -0.2) is 0 Å². The molecule has 2 aliphatic carbocycles. The van der Waals surface area contributed by atoms with E-state index < -0.39 is 17.8 Å². The standard InChI is InChI=1S/C26H34F3N5O2S/c1-2-33-13-7-8-16(33)14-30-24(36)22-18-10-4-6-12-20(18)37-25(22)31-21(35)15-34-19-11-5-3-9-17(19)23(32-34)26(27,28)29/h16H,2-15H2,1H3,(H,30,36)(H,31,35). The maximum atomic E-state index is 13.6. The average Bonchev–Trinajstić information content (AvgIpc) is 3.57. The van der Waals surface area contributed by atoms with Crippen molar-refractivity contribution < 1.29 is 22.8 Å². The van der Waals surface area contributed by atoms with Gasteiger partial charge in [-0.15, -0.1) is 11.3 Å². The number of likely N-dealkylation sites (N-methyl/N-ethyl adjacent to an activating group) is 1. The Labute approximate surface area is 218 Å². The van der Waals surface area contributed by atoms with Crippen LogP contribution in [0.5, 0.6) is 0 Å². The predicted octanol–water partition coefficient (Wildman–Crippen LogP) is 4.57. The Kier molecular flexibility index (Phi) is 7.63. The fourth-order valence-corrected chi connectivity index (χ4v) is 7.37. The molecule has 5 rings (SSSR count). The first-order chi connectivity index (χ1) is 17.8. The summed E-state index contributed by atoms with van der Waals surface area (Å²) < 4.78 is 41.9. The number of rotatable bonds is 7. The van der Waals surface area contributed by atoms with Crippen LogP contribution in [0.25, 0.3) is 0 Å². The van der Waals surface area contributed by atoms with Crippen LogP contribution in [0.15, 0.2) is 0 Å². The number of thiophene rings is 1. The molecule has 1 saturated heterocycles. The van der Waals surface area contributed by atoms with Crippen LogP contribution in [0.4, 0.5) is 18.2 Å². The van der Waals surface area contributed by atoms with Crippen LogP contribution in [0.1, 0.15) is 83.2 Å². The Bertz CT molecular complexity index is 1170. The van der Waals surface area contributed by atoms with E-state index in [1.165, 1.54) is 16.0 Å². The van der Waals surface area contributed by atoms with Gasteiger partial charge in [-0.05, 0) is 82.9 Å². The van der Waals surface area contributed by atoms with Crippen molar-refractivity contribution in [3.05, 3.63) is 33.0 Å². The minimum atomic E-state index is -4.55. The van der Waals surface area contributed by atoms with Crippen molar-refractivity contribution in [2.75, 3.05) is 25.0 Å². The van der Waals surface area contributed by atoms with Crippen molar-refractivity contribution in [2.24, 2.45) is 0 Å². The number of aromatic nitrogens is 2. The molecule has 0 spiro atoms. The molecule has 0 radical (unpaired) electrons. The zero-order chi connectivity index (χ0) is 26.2. The molecule has 1 atom stereocenters. The highest BCUT2D eigenvalue weighted by Crippen LogP contribution is 2.39. The number of hydrogen-bond donors (Lipinski definition) is 2. The summed E-state index contributed by atoms with van der Waals surface area (Å²) in [6, 6.07) is 0.315. The Morgan fingerprint density at radius 1 is 1.05 bits per heavy atom. The Morgan fingerprint density at radius 2 is 1.78 bits per heavy atom. The van der Waals surface area contributed by atoms with E-state index in [1.54, 1.807) is 0 Å². The summed E-state index contributed by atoms with van der Waals surface area (Å²) in [5.74, 6) is -0.654. The van der Waals surface area contributed by atoms with E-state index in [2.05, 4.69) is 27.6 Å². The zero-order valence-electron chi connectivity index (χ0n) is 21.2. The van der Waals surface area contributed by atoms with Gasteiger partial charge < -0.3 is 10.6 Å². The van der Waals surface area contributed by atoms with E-state index in [-0.39, 0.29) is 18.0 Å². The monoisotopic (exact) mass is 537 g/mol. The molecule has 11 heteroatoms. The summed E-state index contributed by atoms with van der Waals surface area (Å²) in [5, 5.41) is 10.3. The van der Waals surface area contributed by atoms with Crippen LogP contribution < -0.4 is 10.6 Å². The number of likely N-dealkylation sites (tertiary alicyclic amines) is 1. The lowest BCUT2D eigenvalue weighted by Gasteiger charge is -2.23. The number of hydrogen-bond acceptors (Lipinski definition) is 5. The smallest absolute Gasteiger partial charge is 0.350 e. The van der Waals surface area contributed by atoms with E-state index in [0.29, 0.717) is 48.1 Å². The second-order valence-electron chi connectivity index (χ2n) is 10.2. The first kappa shape index (κ1) is 26.2. The summed E-state index contributed by atoms with van der Waals surface area (Å²) in [6.45, 7) is 4.36. The molecule has 3 aliphatic rings. The topological polar surface area (TPSA) is 79.3 Å². The van der Waals surface area contributed by atoms with E-state index in [0.717, 1.165) is 68.5 Å². The number of amides is 2. The van der Waals surface area contributed by atoms with Gasteiger partial charge in [-0.1, -0.05) is 6.92 Å². The van der Waals surface area contributed by atoms with Gasteiger partial charge in [0, 0.05) is 28.7 Å². The highest BCUT2D eigenvalue weighted by Gasteiger charge is 2.39. The molecule has 202 valence electrons. The molecule has 2 amide bonds. The van der Waals surface area contributed by atoms with Crippen LogP contribution in [-0.4, -0.2) is 52.2 Å². The molecule has 2 aromatic rings. The molecule has 0 saturated carbocycles. The van der Waals surface area contributed by atoms with E-state index in [4.69, 9.17) is 0 Å². The number of alkyl halides is 3. The maximum absolute atomic E-state index is 13.6. The van der Waals surface area contributed by atoms with Crippen LogP contribution in [0.3, 0.4) is 0 Å². The quantitative estimate of drug-likeness (QED) is 0.542. The summed E-state index contributed by atoms with van der Waals surface area (Å²) in [5.41, 5.74) is 1.35. The number of nitrogens with one attached hydrogen (secondary N) is 2. The zero-order valence-corrected chi connectivity index (χ0v) is 22.0. The van der Waals surface area contributed by atoms with Crippen LogP contribution in [-0.2, 0) is 43.2 Å². The summed E-state index contributed by atoms with van der Waals surface area (Å²) in [6.07, 6.45) is 3.56. The highest BCUT2D eigenvalue weighted by atomic mass is 32.1. The van der Waals surface area contributed by atoms with Crippen LogP contribution >= 0.6 is 11.3 Å². The summed E-state index contributed by atoms with van der Waals surface area (Å²) in [4.78, 5) is 29.9. The third-order valence-corrected chi connectivity index (χ3v) is 9.08. The lowest BCUT2D eigenvalue weighted by Crippen LogP contribution is -2.40. The number of carbonyl (C=O) groups excluding carboxylic acids is 2. The fourth-order valence-electron chi connectivity index (χ4n) is 6.07. The predicted molar refractivity (Wildman–Crippen MR) is 136 cm³/mol. The van der Waals surface area contributed by atoms with E-state index in [1.807, 2.05) is 0 Å². The van der Waals surface area contributed by atoms with Crippen molar-refractivity contribution >= 4 is 28.2 Å². The number of nitrogens with zero attached hydrogens (tertiary/aromatic N) is 3. The molecule has 2 N–H and O–H groups in total. The van der Waals surface area contributed by atoms with Crippen molar-refractivity contribution in [2.45, 2.75) is 89.9 Å². The van der Waals surface area contributed by atoms with Gasteiger partial charge in [0.05, 0.1) is 5.56 Å². The lowest BCUT2D eigenvalue weighted by atomic mass is 9.95. The van der Waals surface area contributed by atoms with Crippen molar-refractivity contribution in [1.29, 1.82) is 0 Å². The van der Waals surface area contributed by atoms with Gasteiger partial charge in [-0.2, -0.15) is 18.3 Å². The molecular formula is C26H34F3N5O2S. The largest absolute Gasteiger partial charge is 0.435 e. The minimum absolute atomic E-state index is 0.187. The molecule has 3 heterocycles. The number of anilines is 1. The molecule has 0 bridgehead atoms. The van der Waals surface area contributed by atoms with Gasteiger partial charge in [0.25, 0.3) is 5.91 Å². The second-order valence-corrected chi connectivity index (χ2v) is 11.3. The minimum Gasteiger partial charge on any atom is -0.350 e. The number of fused-ring (bicyclic) bond motifs is 2. The van der Waals surface area contributed by atoms with E-state index in [9.17, 15) is 22.8 Å². The molecule has 1 unspecified atom stereocenters. The highest BCUT2D eigenvalue weighted by molar-refractivity contribution is 7.17. The van der Waals surface area contributed by atoms with Gasteiger partial charge in [0.15, 0.2) is 5.69 Å². The average molecular weight is 538 g/mol. The summed E-state index contributed by atoms with van der Waals surface area (Å²) >= 11 is 1.42. The normalized spacial score (nSPS) is 19.9. The molecule has 1 aliphatic heterocycles. The van der Waals surface area contributed by atoms with Gasteiger partial charge >= 0.3 is 6.18 Å². The molecule has 7 nitrogen and oxygen atoms in total. The van der Waals surface area contributed by atoms with Crippen molar-refractivity contribution in [3.63, 3.8) is 0 Å². The third kappa shape index (κ3) is 5.43. The SMILES string of the molecule is CCN1CCCC1CNC(=O)c1c(NC(=O)Cn2nc(C(F)(F)F)c3c2CCCC3)sc2c1CCCC2. The number of aryl methyl sites for hydroxylation is 1. The second kappa shape index (κ2) is 10.8. The Morgan fingerprint density at radius 3 is 2.54 bits per heavy atom. The maximum Gasteiger partial charge on any atom is 0.435 e. The Balaban J connectivity index is 1.34. The van der Waals surface area contributed by atoms with Crippen LogP contribution in [0, 0.1) is 0 Å². The third-order valence-electron chi connectivity index (χ3n) is 7.87. The van der Waals surface area contributed by atoms with Crippen LogP contribution in [0.2, 0.25) is 0 Å². The van der Waals surface area contributed by atoms with Gasteiger partial charge in [0.1, 0.15) is 11.5 Å². The van der Waals surface area contributed by atoms with Gasteiger partial charge in [0.2, 0.25) is 5.91 Å². The molecule has 1 fully saturated rings. The molecule has 0 aromatic carbocycles. The summed E-state index contributed by atoms with van der Waals surface area (Å²) in [7, 11) is 0. The van der Waals surface area contributed by atoms with Crippen molar-refractivity contribution in [3.8, 4) is 0 Å². The molecule has 2 aromatic heterocycles. The Hall–Kier alpha value is -2.40. The lowest BCUT2D eigenvalue weighted by molar-refractivity contribution is -0.142. The molecular weight excluding hydrogens is 503 g/mol. The molecule has 37 heavy (non-hydrogen) atoms. The van der Waals surface area contributed by atoms with Gasteiger partial charge in [-0.3, -0.25) is 19.2 Å². The van der Waals surface area contributed by atoms with E-state index >= 15 is 0 Å². The first-order valence-corrected chi connectivity index (χ1v) is 14.2. The number of halogens is 3. The number of carbonyl (C=O) groups is 2. The first-order valence-electron chi connectivity index (χ1n) is 13.4.